The first-order valence-electron chi connectivity index (χ1n) is 7.22. The molecule has 2 rings (SSSR count). The lowest BCUT2D eigenvalue weighted by molar-refractivity contribution is -0.137. The van der Waals surface area contributed by atoms with E-state index in [0.29, 0.717) is 11.5 Å². The minimum atomic E-state index is -4.33. The van der Waals surface area contributed by atoms with Crippen LogP contribution in [0.3, 0.4) is 0 Å². The van der Waals surface area contributed by atoms with E-state index < -0.39 is 11.7 Å². The van der Waals surface area contributed by atoms with Gasteiger partial charge in [-0.2, -0.15) is 13.2 Å². The molecule has 1 radical (unpaired) electrons. The van der Waals surface area contributed by atoms with E-state index in [1.54, 1.807) is 0 Å². The van der Waals surface area contributed by atoms with Crippen LogP contribution in [0.5, 0.6) is 11.5 Å². The van der Waals surface area contributed by atoms with E-state index in [-0.39, 0.29) is 0 Å². The summed E-state index contributed by atoms with van der Waals surface area (Å²) in [6, 6.07) is 12.3. The largest absolute Gasteiger partial charge is 0.457 e. The molecule has 117 valence electrons. The van der Waals surface area contributed by atoms with Crippen LogP contribution in [0.2, 0.25) is 0 Å². The molecule has 4 heteroatoms. The van der Waals surface area contributed by atoms with E-state index in [1.165, 1.54) is 17.7 Å². The van der Waals surface area contributed by atoms with Gasteiger partial charge in [-0.15, -0.1) is 0 Å². The van der Waals surface area contributed by atoms with Crippen LogP contribution in [0.25, 0.3) is 0 Å². The Morgan fingerprint density at radius 1 is 0.818 bits per heavy atom. The molecule has 2 aromatic rings. The molecule has 0 unspecified atom stereocenters. The molecule has 0 heterocycles. The van der Waals surface area contributed by atoms with Gasteiger partial charge in [0.2, 0.25) is 0 Å². The van der Waals surface area contributed by atoms with E-state index in [0.717, 1.165) is 37.8 Å². The van der Waals surface area contributed by atoms with Crippen LogP contribution in [0.4, 0.5) is 13.2 Å². The molecule has 0 N–H and O–H groups in total. The fourth-order valence-electron chi connectivity index (χ4n) is 2.08. The van der Waals surface area contributed by atoms with Crippen LogP contribution >= 0.6 is 0 Å². The lowest BCUT2D eigenvalue weighted by atomic mass is 10.1. The van der Waals surface area contributed by atoms with Crippen molar-refractivity contribution < 1.29 is 17.9 Å². The molecule has 0 atom stereocenters. The van der Waals surface area contributed by atoms with Gasteiger partial charge in [-0.05, 0) is 54.8 Å². The van der Waals surface area contributed by atoms with Crippen molar-refractivity contribution in [1.29, 1.82) is 0 Å². The first-order chi connectivity index (χ1) is 10.5. The second-order valence-corrected chi connectivity index (χ2v) is 5.08. The standard InChI is InChI=1S/C18H18F3O/c1-2-3-4-5-14-6-10-16(11-7-14)22-17-12-8-15(9-13-17)18(19,20)21/h6-13H,1-5H2. The highest BCUT2D eigenvalue weighted by Crippen LogP contribution is 2.31. The maximum atomic E-state index is 12.5. The van der Waals surface area contributed by atoms with Crippen molar-refractivity contribution in [2.24, 2.45) is 0 Å². The first kappa shape index (κ1) is 16.4. The summed E-state index contributed by atoms with van der Waals surface area (Å²) in [6.07, 6.45) is -0.189. The molecule has 22 heavy (non-hydrogen) atoms. The van der Waals surface area contributed by atoms with Gasteiger partial charge in [-0.1, -0.05) is 31.9 Å². The number of alkyl halides is 3. The maximum Gasteiger partial charge on any atom is 0.416 e. The summed E-state index contributed by atoms with van der Waals surface area (Å²) in [7, 11) is 0. The average molecular weight is 307 g/mol. The van der Waals surface area contributed by atoms with Crippen molar-refractivity contribution in [2.75, 3.05) is 0 Å². The van der Waals surface area contributed by atoms with Gasteiger partial charge < -0.3 is 4.74 Å². The van der Waals surface area contributed by atoms with E-state index in [9.17, 15) is 13.2 Å². The Labute approximate surface area is 128 Å². The zero-order valence-electron chi connectivity index (χ0n) is 12.2. The smallest absolute Gasteiger partial charge is 0.416 e. The summed E-state index contributed by atoms with van der Waals surface area (Å²) in [4.78, 5) is 0. The number of rotatable bonds is 6. The predicted octanol–water partition coefficient (Wildman–Crippen LogP) is 6.04. The van der Waals surface area contributed by atoms with Gasteiger partial charge >= 0.3 is 6.18 Å². The molecule has 0 aliphatic carbocycles. The highest BCUT2D eigenvalue weighted by atomic mass is 19.4. The van der Waals surface area contributed by atoms with Crippen LogP contribution in [-0.2, 0) is 12.6 Å². The van der Waals surface area contributed by atoms with Gasteiger partial charge in [0.15, 0.2) is 0 Å². The average Bonchev–Trinajstić information content (AvgIpc) is 2.49. The van der Waals surface area contributed by atoms with Gasteiger partial charge in [0.25, 0.3) is 0 Å². The summed E-state index contributed by atoms with van der Waals surface area (Å²) in [5.74, 6) is 0.999. The Balaban J connectivity index is 1.96. The maximum absolute atomic E-state index is 12.5. The third-order valence-electron chi connectivity index (χ3n) is 3.31. The molecule has 2 aromatic carbocycles. The van der Waals surface area contributed by atoms with Gasteiger partial charge in [-0.3, -0.25) is 0 Å². The molecule has 0 saturated carbocycles. The number of hydrogen-bond acceptors (Lipinski definition) is 1. The van der Waals surface area contributed by atoms with Crippen molar-refractivity contribution in [1.82, 2.24) is 0 Å². The second-order valence-electron chi connectivity index (χ2n) is 5.08. The summed E-state index contributed by atoms with van der Waals surface area (Å²) in [6.45, 7) is 3.81. The highest BCUT2D eigenvalue weighted by molar-refractivity contribution is 5.35. The monoisotopic (exact) mass is 307 g/mol. The van der Waals surface area contributed by atoms with Crippen LogP contribution in [0.1, 0.15) is 30.4 Å². The van der Waals surface area contributed by atoms with Gasteiger partial charge in [0.1, 0.15) is 11.5 Å². The summed E-state index contributed by atoms with van der Waals surface area (Å²) < 4.78 is 43.0. The number of benzene rings is 2. The Kier molecular flexibility index (Phi) is 5.47. The number of hydrogen-bond donors (Lipinski definition) is 0. The van der Waals surface area contributed by atoms with Crippen LogP contribution < -0.4 is 4.74 Å². The second kappa shape index (κ2) is 7.34. The summed E-state index contributed by atoms with van der Waals surface area (Å²) in [5.41, 5.74) is 0.536. The SMILES string of the molecule is [CH2]CCCCc1ccc(Oc2ccc(C(F)(F)F)cc2)cc1. The Bertz CT molecular complexity index is 571. The van der Waals surface area contributed by atoms with Crippen LogP contribution in [-0.4, -0.2) is 0 Å². The Morgan fingerprint density at radius 3 is 1.86 bits per heavy atom. The van der Waals surface area contributed by atoms with E-state index in [2.05, 4.69) is 6.92 Å². The molecule has 1 nitrogen and oxygen atoms in total. The van der Waals surface area contributed by atoms with Crippen LogP contribution in [0.15, 0.2) is 48.5 Å². The molecule has 0 bridgehead atoms. The van der Waals surface area contributed by atoms with Crippen LogP contribution in [0, 0.1) is 6.92 Å². The molecule has 0 spiro atoms. The molecule has 0 saturated heterocycles. The fraction of sp³-hybridized carbons (Fsp3) is 0.278. The quantitative estimate of drug-likeness (QED) is 0.591. The molecule has 0 aliphatic heterocycles. The topological polar surface area (TPSA) is 9.23 Å². The third kappa shape index (κ3) is 4.79. The highest BCUT2D eigenvalue weighted by Gasteiger charge is 2.30. The Morgan fingerprint density at radius 2 is 1.36 bits per heavy atom. The van der Waals surface area contributed by atoms with E-state index in [4.69, 9.17) is 4.74 Å². The fourth-order valence-corrected chi connectivity index (χ4v) is 2.08. The molecule has 0 aliphatic rings. The lowest BCUT2D eigenvalue weighted by Crippen LogP contribution is -2.03. The van der Waals surface area contributed by atoms with Crippen molar-refractivity contribution in [3.63, 3.8) is 0 Å². The van der Waals surface area contributed by atoms with Crippen molar-refractivity contribution >= 4 is 0 Å². The zero-order chi connectivity index (χ0) is 16.0. The van der Waals surface area contributed by atoms with E-state index >= 15 is 0 Å². The minimum Gasteiger partial charge on any atom is -0.457 e. The van der Waals surface area contributed by atoms with Gasteiger partial charge in [0, 0.05) is 0 Å². The number of halogens is 3. The molecule has 0 amide bonds. The minimum absolute atomic E-state index is 0.387. The van der Waals surface area contributed by atoms with Crippen molar-refractivity contribution in [3.05, 3.63) is 66.6 Å². The van der Waals surface area contributed by atoms with Gasteiger partial charge in [-0.25, -0.2) is 0 Å². The molecular weight excluding hydrogens is 289 g/mol. The number of unbranched alkanes of at least 4 members (excludes halogenated alkanes) is 2. The van der Waals surface area contributed by atoms with Crippen molar-refractivity contribution in [3.8, 4) is 11.5 Å². The predicted molar refractivity (Wildman–Crippen MR) is 80.9 cm³/mol. The first-order valence-corrected chi connectivity index (χ1v) is 7.22. The normalized spacial score (nSPS) is 11.5. The van der Waals surface area contributed by atoms with Gasteiger partial charge in [0.05, 0.1) is 5.56 Å². The van der Waals surface area contributed by atoms with E-state index in [1.807, 2.05) is 24.3 Å². The molecule has 0 fully saturated rings. The Hall–Kier alpha value is -1.97. The number of aryl methyl sites for hydroxylation is 1. The summed E-state index contributed by atoms with van der Waals surface area (Å²) in [5, 5.41) is 0. The zero-order valence-corrected chi connectivity index (χ0v) is 12.2. The van der Waals surface area contributed by atoms with Crippen molar-refractivity contribution in [2.45, 2.75) is 31.9 Å². The summed E-state index contributed by atoms with van der Waals surface area (Å²) >= 11 is 0. The third-order valence-corrected chi connectivity index (χ3v) is 3.31. The molecular formula is C18H18F3O. The lowest BCUT2D eigenvalue weighted by Gasteiger charge is -2.09. The number of ether oxygens (including phenoxy) is 1. The molecule has 0 aromatic heterocycles.